The molecule has 0 saturated carbocycles. The van der Waals surface area contributed by atoms with E-state index in [1.807, 2.05) is 41.2 Å². The number of aromatic nitrogens is 2. The highest BCUT2D eigenvalue weighted by Crippen LogP contribution is 2.16. The fourth-order valence-corrected chi connectivity index (χ4v) is 2.13. The lowest BCUT2D eigenvalue weighted by molar-refractivity contribution is 0.409. The number of nitrogens with zero attached hydrogens (tertiary/aromatic N) is 3. The van der Waals surface area contributed by atoms with Crippen LogP contribution in [0.1, 0.15) is 12.0 Å². The summed E-state index contributed by atoms with van der Waals surface area (Å²) in [7, 11) is 3.45. The Morgan fingerprint density at radius 3 is 2.86 bits per heavy atom. The minimum atomic E-state index is 0.669. The molecule has 2 aromatic rings. The first-order chi connectivity index (χ1) is 10.8. The molecule has 0 amide bonds. The average molecular weight is 301 g/mol. The van der Waals surface area contributed by atoms with E-state index in [9.17, 15) is 0 Å². The molecule has 2 N–H and O–H groups in total. The van der Waals surface area contributed by atoms with Gasteiger partial charge in [0, 0.05) is 44.6 Å². The van der Waals surface area contributed by atoms with E-state index in [2.05, 4.69) is 20.7 Å². The molecule has 0 saturated heterocycles. The molecule has 0 aliphatic carbocycles. The minimum Gasteiger partial charge on any atom is -0.496 e. The number of hydrogen-bond acceptors (Lipinski definition) is 3. The van der Waals surface area contributed by atoms with Crippen molar-refractivity contribution < 1.29 is 4.74 Å². The van der Waals surface area contributed by atoms with Gasteiger partial charge in [0.05, 0.1) is 7.11 Å². The van der Waals surface area contributed by atoms with Gasteiger partial charge in [-0.05, 0) is 18.6 Å². The van der Waals surface area contributed by atoms with Crippen LogP contribution in [0.25, 0.3) is 0 Å². The Balaban J connectivity index is 1.73. The van der Waals surface area contributed by atoms with Gasteiger partial charge >= 0.3 is 0 Å². The summed E-state index contributed by atoms with van der Waals surface area (Å²) in [4.78, 5) is 4.22. The Bertz CT molecular complexity index is 580. The van der Waals surface area contributed by atoms with Crippen LogP contribution in [0.4, 0.5) is 0 Å². The third-order valence-corrected chi connectivity index (χ3v) is 3.28. The number of nitrogens with one attached hydrogen (secondary N) is 2. The molecule has 22 heavy (non-hydrogen) atoms. The van der Waals surface area contributed by atoms with Gasteiger partial charge < -0.3 is 15.4 Å². The highest BCUT2D eigenvalue weighted by molar-refractivity contribution is 5.79. The molecule has 1 heterocycles. The van der Waals surface area contributed by atoms with E-state index in [4.69, 9.17) is 4.74 Å². The molecule has 0 radical (unpaired) electrons. The molecule has 0 aliphatic heterocycles. The Kier molecular flexibility index (Phi) is 6.29. The maximum atomic E-state index is 5.34. The maximum absolute atomic E-state index is 5.34. The van der Waals surface area contributed by atoms with Crippen LogP contribution in [0.3, 0.4) is 0 Å². The Morgan fingerprint density at radius 1 is 1.27 bits per heavy atom. The highest BCUT2D eigenvalue weighted by Gasteiger charge is 2.03. The largest absolute Gasteiger partial charge is 0.496 e. The first-order valence-electron chi connectivity index (χ1n) is 7.37. The van der Waals surface area contributed by atoms with Crippen LogP contribution in [0.15, 0.2) is 47.7 Å². The first-order valence-corrected chi connectivity index (χ1v) is 7.37. The van der Waals surface area contributed by atoms with Gasteiger partial charge in [0.15, 0.2) is 5.96 Å². The second-order valence-corrected chi connectivity index (χ2v) is 4.79. The van der Waals surface area contributed by atoms with Crippen LogP contribution in [0.5, 0.6) is 5.75 Å². The van der Waals surface area contributed by atoms with Gasteiger partial charge in [-0.1, -0.05) is 18.2 Å². The predicted molar refractivity (Wildman–Crippen MR) is 88.0 cm³/mol. The molecule has 6 heteroatoms. The van der Waals surface area contributed by atoms with E-state index in [1.54, 1.807) is 20.4 Å². The predicted octanol–water partition coefficient (Wildman–Crippen LogP) is 1.65. The van der Waals surface area contributed by atoms with Gasteiger partial charge in [-0.2, -0.15) is 5.10 Å². The smallest absolute Gasteiger partial charge is 0.191 e. The van der Waals surface area contributed by atoms with E-state index >= 15 is 0 Å². The van der Waals surface area contributed by atoms with E-state index in [0.29, 0.717) is 6.54 Å². The van der Waals surface area contributed by atoms with Crippen molar-refractivity contribution in [2.45, 2.75) is 19.5 Å². The molecule has 0 unspecified atom stereocenters. The van der Waals surface area contributed by atoms with Crippen molar-refractivity contribution in [3.63, 3.8) is 0 Å². The van der Waals surface area contributed by atoms with Crippen LogP contribution >= 0.6 is 0 Å². The molecular weight excluding hydrogens is 278 g/mol. The second kappa shape index (κ2) is 8.71. The molecule has 118 valence electrons. The summed E-state index contributed by atoms with van der Waals surface area (Å²) in [5.41, 5.74) is 1.10. The van der Waals surface area contributed by atoms with Crippen molar-refractivity contribution in [3.05, 3.63) is 48.3 Å². The molecule has 6 nitrogen and oxygen atoms in total. The lowest BCUT2D eigenvalue weighted by atomic mass is 10.2. The maximum Gasteiger partial charge on any atom is 0.191 e. The fraction of sp³-hybridized carbons (Fsp3) is 0.375. The van der Waals surface area contributed by atoms with E-state index in [0.717, 1.165) is 36.8 Å². The number of methoxy groups -OCH3 is 1. The van der Waals surface area contributed by atoms with Crippen molar-refractivity contribution in [2.24, 2.45) is 4.99 Å². The van der Waals surface area contributed by atoms with E-state index in [1.165, 1.54) is 0 Å². The molecule has 0 bridgehead atoms. The molecule has 1 aromatic carbocycles. The zero-order valence-corrected chi connectivity index (χ0v) is 13.1. The zero-order chi connectivity index (χ0) is 15.6. The van der Waals surface area contributed by atoms with Crippen LogP contribution in [-0.2, 0) is 13.1 Å². The first kappa shape index (κ1) is 15.9. The number of hydrogen-bond donors (Lipinski definition) is 2. The van der Waals surface area contributed by atoms with Crippen LogP contribution in [0.2, 0.25) is 0 Å². The monoisotopic (exact) mass is 301 g/mol. The number of para-hydroxylation sites is 1. The van der Waals surface area contributed by atoms with Gasteiger partial charge in [0.1, 0.15) is 5.75 Å². The summed E-state index contributed by atoms with van der Waals surface area (Å²) in [5, 5.41) is 10.8. The SMILES string of the molecule is CN=C(NCCCn1cccn1)NCc1ccccc1OC. The Labute approximate surface area is 131 Å². The van der Waals surface area contributed by atoms with Gasteiger partial charge in [0.2, 0.25) is 0 Å². The number of guanidine groups is 1. The van der Waals surface area contributed by atoms with Crippen LogP contribution in [-0.4, -0.2) is 36.4 Å². The molecule has 1 aromatic heterocycles. The van der Waals surface area contributed by atoms with Gasteiger partial charge in [0.25, 0.3) is 0 Å². The fourth-order valence-electron chi connectivity index (χ4n) is 2.13. The third-order valence-electron chi connectivity index (χ3n) is 3.28. The standard InChI is InChI=1S/C16H23N5O/c1-17-16(18-9-5-11-21-12-6-10-20-21)19-13-14-7-3-4-8-15(14)22-2/h3-4,6-8,10,12H,5,9,11,13H2,1-2H3,(H2,17,18,19). The number of benzene rings is 1. The Morgan fingerprint density at radius 2 is 2.14 bits per heavy atom. The number of aryl methyl sites for hydroxylation is 1. The third kappa shape index (κ3) is 4.80. The topological polar surface area (TPSA) is 63.5 Å². The van der Waals surface area contributed by atoms with Crippen molar-refractivity contribution in [1.82, 2.24) is 20.4 Å². The quantitative estimate of drug-likeness (QED) is 0.464. The van der Waals surface area contributed by atoms with Crippen molar-refractivity contribution in [2.75, 3.05) is 20.7 Å². The summed E-state index contributed by atoms with van der Waals surface area (Å²) < 4.78 is 7.26. The van der Waals surface area contributed by atoms with E-state index < -0.39 is 0 Å². The lowest BCUT2D eigenvalue weighted by Crippen LogP contribution is -2.37. The minimum absolute atomic E-state index is 0.669. The van der Waals surface area contributed by atoms with Crippen molar-refractivity contribution in [3.8, 4) is 5.75 Å². The van der Waals surface area contributed by atoms with Crippen molar-refractivity contribution >= 4 is 5.96 Å². The summed E-state index contributed by atoms with van der Waals surface area (Å²) in [6.07, 6.45) is 4.74. The number of aliphatic imine (C=N–C) groups is 1. The summed E-state index contributed by atoms with van der Waals surface area (Å²) in [5.74, 6) is 1.66. The molecule has 0 atom stereocenters. The molecule has 0 spiro atoms. The van der Waals surface area contributed by atoms with Crippen LogP contribution < -0.4 is 15.4 Å². The number of rotatable bonds is 7. The van der Waals surface area contributed by atoms with Gasteiger partial charge in [-0.15, -0.1) is 0 Å². The second-order valence-electron chi connectivity index (χ2n) is 4.79. The summed E-state index contributed by atoms with van der Waals surface area (Å²) in [6.45, 7) is 2.40. The summed E-state index contributed by atoms with van der Waals surface area (Å²) >= 11 is 0. The van der Waals surface area contributed by atoms with E-state index in [-0.39, 0.29) is 0 Å². The number of ether oxygens (including phenoxy) is 1. The highest BCUT2D eigenvalue weighted by atomic mass is 16.5. The zero-order valence-electron chi connectivity index (χ0n) is 13.1. The van der Waals surface area contributed by atoms with Gasteiger partial charge in [-0.3, -0.25) is 9.67 Å². The van der Waals surface area contributed by atoms with Crippen molar-refractivity contribution in [1.29, 1.82) is 0 Å². The molecule has 2 rings (SSSR count). The lowest BCUT2D eigenvalue weighted by Gasteiger charge is -2.13. The normalized spacial score (nSPS) is 11.3. The molecule has 0 fully saturated rings. The molecule has 0 aliphatic rings. The summed E-state index contributed by atoms with van der Waals surface area (Å²) in [6, 6.07) is 9.89. The van der Waals surface area contributed by atoms with Crippen LogP contribution in [0, 0.1) is 0 Å². The molecular formula is C16H23N5O. The average Bonchev–Trinajstić information content (AvgIpc) is 3.08. The van der Waals surface area contributed by atoms with Gasteiger partial charge in [-0.25, -0.2) is 0 Å². The Hall–Kier alpha value is -2.50.